The minimum Gasteiger partial charge on any atom is -0.390 e. The summed E-state index contributed by atoms with van der Waals surface area (Å²) in [5.74, 6) is 0.122. The number of hydrogen-bond donors (Lipinski definition) is 2. The van der Waals surface area contributed by atoms with Gasteiger partial charge in [0.15, 0.2) is 0 Å². The number of hydrogen-bond acceptors (Lipinski definition) is 2. The first kappa shape index (κ1) is 9.49. The topological polar surface area (TPSA) is 40.5 Å². The SMILES string of the molecule is C=C(C)C1=CC(O)C(O)C(C)C1. The van der Waals surface area contributed by atoms with E-state index in [9.17, 15) is 10.2 Å². The van der Waals surface area contributed by atoms with Crippen LogP contribution in [0.4, 0.5) is 0 Å². The van der Waals surface area contributed by atoms with Crippen molar-refractivity contribution in [3.05, 3.63) is 23.8 Å². The van der Waals surface area contributed by atoms with Crippen LogP contribution in [0.5, 0.6) is 0 Å². The van der Waals surface area contributed by atoms with E-state index in [2.05, 4.69) is 6.58 Å². The molecule has 0 fully saturated rings. The molecule has 1 aliphatic carbocycles. The Labute approximate surface area is 73.2 Å². The first-order chi connectivity index (χ1) is 5.52. The van der Waals surface area contributed by atoms with Crippen molar-refractivity contribution in [2.45, 2.75) is 32.5 Å². The van der Waals surface area contributed by atoms with E-state index in [1.54, 1.807) is 6.08 Å². The number of allylic oxidation sites excluding steroid dienone is 2. The molecule has 3 atom stereocenters. The zero-order valence-electron chi connectivity index (χ0n) is 7.62. The third-order valence-corrected chi connectivity index (χ3v) is 2.39. The van der Waals surface area contributed by atoms with Crippen LogP contribution in [-0.4, -0.2) is 22.4 Å². The quantitative estimate of drug-likeness (QED) is 0.618. The lowest BCUT2D eigenvalue weighted by Gasteiger charge is -2.28. The summed E-state index contributed by atoms with van der Waals surface area (Å²) in [5.41, 5.74) is 2.05. The maximum atomic E-state index is 9.42. The van der Waals surface area contributed by atoms with Crippen LogP contribution in [0, 0.1) is 5.92 Å². The van der Waals surface area contributed by atoms with Gasteiger partial charge in [-0.2, -0.15) is 0 Å². The van der Waals surface area contributed by atoms with E-state index in [0.29, 0.717) is 0 Å². The monoisotopic (exact) mass is 168 g/mol. The van der Waals surface area contributed by atoms with Gasteiger partial charge >= 0.3 is 0 Å². The molecule has 0 bridgehead atoms. The van der Waals surface area contributed by atoms with Gasteiger partial charge in [0, 0.05) is 0 Å². The van der Waals surface area contributed by atoms with E-state index in [1.807, 2.05) is 13.8 Å². The molecule has 1 rings (SSSR count). The van der Waals surface area contributed by atoms with E-state index >= 15 is 0 Å². The Morgan fingerprint density at radius 3 is 2.58 bits per heavy atom. The molecular weight excluding hydrogens is 152 g/mol. The molecule has 0 aromatic rings. The fourth-order valence-corrected chi connectivity index (χ4v) is 1.49. The Hall–Kier alpha value is -0.600. The fraction of sp³-hybridized carbons (Fsp3) is 0.600. The maximum Gasteiger partial charge on any atom is 0.0988 e. The predicted octanol–water partition coefficient (Wildman–Crippen LogP) is 1.25. The van der Waals surface area contributed by atoms with Crippen molar-refractivity contribution in [3.8, 4) is 0 Å². The molecule has 0 aromatic heterocycles. The van der Waals surface area contributed by atoms with Gasteiger partial charge in [0.2, 0.25) is 0 Å². The highest BCUT2D eigenvalue weighted by Crippen LogP contribution is 2.27. The largest absolute Gasteiger partial charge is 0.390 e. The zero-order valence-corrected chi connectivity index (χ0v) is 7.62. The lowest BCUT2D eigenvalue weighted by Crippen LogP contribution is -2.34. The minimum absolute atomic E-state index is 0.122. The van der Waals surface area contributed by atoms with Crippen LogP contribution in [0.2, 0.25) is 0 Å². The van der Waals surface area contributed by atoms with Crippen molar-refractivity contribution >= 4 is 0 Å². The number of rotatable bonds is 1. The Bertz CT molecular complexity index is 218. The number of aliphatic hydroxyl groups excluding tert-OH is 2. The Morgan fingerprint density at radius 1 is 1.58 bits per heavy atom. The summed E-state index contributed by atoms with van der Waals surface area (Å²) >= 11 is 0. The van der Waals surface area contributed by atoms with Gasteiger partial charge in [0.05, 0.1) is 12.2 Å². The summed E-state index contributed by atoms with van der Waals surface area (Å²) in [7, 11) is 0. The average molecular weight is 168 g/mol. The van der Waals surface area contributed by atoms with Gasteiger partial charge < -0.3 is 10.2 Å². The highest BCUT2D eigenvalue weighted by Gasteiger charge is 2.27. The Kier molecular flexibility index (Phi) is 2.70. The molecule has 0 saturated heterocycles. The minimum atomic E-state index is -0.722. The molecule has 0 saturated carbocycles. The Balaban J connectivity index is 2.81. The van der Waals surface area contributed by atoms with Gasteiger partial charge in [-0.15, -0.1) is 0 Å². The van der Waals surface area contributed by atoms with E-state index < -0.39 is 12.2 Å². The third-order valence-electron chi connectivity index (χ3n) is 2.39. The molecule has 0 heterocycles. The van der Waals surface area contributed by atoms with Gasteiger partial charge in [-0.25, -0.2) is 0 Å². The van der Waals surface area contributed by atoms with Crippen LogP contribution >= 0.6 is 0 Å². The molecule has 3 unspecified atom stereocenters. The molecule has 0 aliphatic heterocycles. The molecule has 1 aliphatic rings. The normalized spacial score (nSPS) is 36.0. The first-order valence-electron chi connectivity index (χ1n) is 4.25. The summed E-state index contributed by atoms with van der Waals surface area (Å²) in [4.78, 5) is 0. The van der Waals surface area contributed by atoms with Crippen LogP contribution in [0.3, 0.4) is 0 Å². The van der Waals surface area contributed by atoms with Crippen LogP contribution in [0.25, 0.3) is 0 Å². The van der Waals surface area contributed by atoms with Crippen molar-refractivity contribution in [3.63, 3.8) is 0 Å². The second-order valence-corrected chi connectivity index (χ2v) is 3.63. The van der Waals surface area contributed by atoms with Crippen molar-refractivity contribution in [2.24, 2.45) is 5.92 Å². The van der Waals surface area contributed by atoms with Crippen molar-refractivity contribution in [2.75, 3.05) is 0 Å². The summed E-state index contributed by atoms with van der Waals surface area (Å²) in [6.45, 7) is 7.67. The van der Waals surface area contributed by atoms with E-state index in [0.717, 1.165) is 17.6 Å². The second kappa shape index (κ2) is 3.42. The zero-order chi connectivity index (χ0) is 9.30. The fourth-order valence-electron chi connectivity index (χ4n) is 1.49. The molecule has 68 valence electrons. The summed E-state index contributed by atoms with van der Waals surface area (Å²) < 4.78 is 0. The van der Waals surface area contributed by atoms with Gasteiger partial charge in [0.25, 0.3) is 0 Å². The summed E-state index contributed by atoms with van der Waals surface area (Å²) in [6, 6.07) is 0. The maximum absolute atomic E-state index is 9.42. The molecule has 2 nitrogen and oxygen atoms in total. The van der Waals surface area contributed by atoms with Crippen LogP contribution in [0.15, 0.2) is 23.8 Å². The highest BCUT2D eigenvalue weighted by atomic mass is 16.3. The predicted molar refractivity (Wildman–Crippen MR) is 48.7 cm³/mol. The van der Waals surface area contributed by atoms with Crippen molar-refractivity contribution in [1.82, 2.24) is 0 Å². The van der Waals surface area contributed by atoms with Crippen LogP contribution in [-0.2, 0) is 0 Å². The molecule has 12 heavy (non-hydrogen) atoms. The molecule has 0 aromatic carbocycles. The standard InChI is InChI=1S/C10H16O2/c1-6(2)8-4-7(3)10(12)9(11)5-8/h5,7,9-12H,1,4H2,2-3H3. The molecule has 0 amide bonds. The van der Waals surface area contributed by atoms with Crippen molar-refractivity contribution < 1.29 is 10.2 Å². The highest BCUT2D eigenvalue weighted by molar-refractivity contribution is 5.30. The molecule has 2 heteroatoms. The van der Waals surface area contributed by atoms with Crippen molar-refractivity contribution in [1.29, 1.82) is 0 Å². The lowest BCUT2D eigenvalue weighted by atomic mass is 9.84. The smallest absolute Gasteiger partial charge is 0.0988 e. The average Bonchev–Trinajstić information content (AvgIpc) is 1.99. The van der Waals surface area contributed by atoms with E-state index in [1.165, 1.54) is 0 Å². The summed E-state index contributed by atoms with van der Waals surface area (Å²) in [6.07, 6.45) is 1.18. The summed E-state index contributed by atoms with van der Waals surface area (Å²) in [5, 5.41) is 18.8. The molecule has 0 spiro atoms. The molecule has 0 radical (unpaired) electrons. The van der Waals surface area contributed by atoms with Gasteiger partial charge in [0.1, 0.15) is 0 Å². The van der Waals surface area contributed by atoms with E-state index in [-0.39, 0.29) is 5.92 Å². The molecular formula is C10H16O2. The van der Waals surface area contributed by atoms with Gasteiger partial charge in [-0.05, 0) is 24.8 Å². The molecule has 2 N–H and O–H groups in total. The lowest BCUT2D eigenvalue weighted by molar-refractivity contribution is 0.00624. The van der Waals surface area contributed by atoms with Gasteiger partial charge in [-0.3, -0.25) is 0 Å². The third kappa shape index (κ3) is 1.76. The van der Waals surface area contributed by atoms with E-state index in [4.69, 9.17) is 0 Å². The second-order valence-electron chi connectivity index (χ2n) is 3.63. The van der Waals surface area contributed by atoms with Crippen LogP contribution in [0.1, 0.15) is 20.3 Å². The van der Waals surface area contributed by atoms with Crippen LogP contribution < -0.4 is 0 Å². The Morgan fingerprint density at radius 2 is 2.17 bits per heavy atom. The van der Waals surface area contributed by atoms with Gasteiger partial charge in [-0.1, -0.05) is 25.2 Å². The first-order valence-corrected chi connectivity index (χ1v) is 4.25. The number of aliphatic hydroxyl groups is 2.